The van der Waals surface area contributed by atoms with Crippen molar-refractivity contribution in [2.24, 2.45) is 5.92 Å². The minimum atomic E-state index is -0.0944. The highest BCUT2D eigenvalue weighted by Gasteiger charge is 2.31. The van der Waals surface area contributed by atoms with E-state index in [1.54, 1.807) is 36.4 Å². The summed E-state index contributed by atoms with van der Waals surface area (Å²) in [5.74, 6) is 0.00703. The first-order valence-electron chi connectivity index (χ1n) is 9.49. The molecule has 0 aliphatic carbocycles. The first kappa shape index (κ1) is 19.3. The highest BCUT2D eigenvalue weighted by Crippen LogP contribution is 2.20. The fourth-order valence-corrected chi connectivity index (χ4v) is 3.69. The van der Waals surface area contributed by atoms with Gasteiger partial charge in [0.05, 0.1) is 24.3 Å². The van der Waals surface area contributed by atoms with E-state index in [0.29, 0.717) is 45.0 Å². The molecule has 0 bridgehead atoms. The maximum atomic E-state index is 12.8. The second-order valence-corrected chi connectivity index (χ2v) is 7.20. The lowest BCUT2D eigenvalue weighted by Gasteiger charge is -2.38. The van der Waals surface area contributed by atoms with Gasteiger partial charge in [0.25, 0.3) is 0 Å². The van der Waals surface area contributed by atoms with Gasteiger partial charge in [-0.15, -0.1) is 0 Å². The summed E-state index contributed by atoms with van der Waals surface area (Å²) in [6, 6.07) is 3.58. The number of nitrogens with one attached hydrogen (secondary N) is 1. The van der Waals surface area contributed by atoms with E-state index < -0.39 is 0 Å². The van der Waals surface area contributed by atoms with Crippen molar-refractivity contribution in [3.05, 3.63) is 24.5 Å². The SMILES string of the molecule is CC(=O)N1CCC[C@H](C(=O)N2CCN(CC(=O)Nc3cccnc3)CC2)C1. The van der Waals surface area contributed by atoms with Gasteiger partial charge in [-0.3, -0.25) is 24.3 Å². The topological polar surface area (TPSA) is 85.9 Å². The Labute approximate surface area is 159 Å². The monoisotopic (exact) mass is 373 g/mol. The number of carbonyl (C=O) groups is 3. The summed E-state index contributed by atoms with van der Waals surface area (Å²) in [5, 5.41) is 2.83. The third-order valence-electron chi connectivity index (χ3n) is 5.21. The molecule has 2 saturated heterocycles. The highest BCUT2D eigenvalue weighted by molar-refractivity contribution is 5.92. The molecule has 0 radical (unpaired) electrons. The fourth-order valence-electron chi connectivity index (χ4n) is 3.69. The van der Waals surface area contributed by atoms with Gasteiger partial charge in [0.15, 0.2) is 0 Å². The molecular weight excluding hydrogens is 346 g/mol. The summed E-state index contributed by atoms with van der Waals surface area (Å²) >= 11 is 0. The van der Waals surface area contributed by atoms with Crippen LogP contribution in [0.25, 0.3) is 0 Å². The van der Waals surface area contributed by atoms with Gasteiger partial charge in [0, 0.05) is 52.4 Å². The van der Waals surface area contributed by atoms with Crippen LogP contribution in [0.15, 0.2) is 24.5 Å². The Morgan fingerprint density at radius 3 is 2.59 bits per heavy atom. The number of hydrogen-bond donors (Lipinski definition) is 1. The molecule has 2 aliphatic rings. The molecule has 1 atom stereocenters. The predicted octanol–water partition coefficient (Wildman–Crippen LogP) is 0.423. The van der Waals surface area contributed by atoms with Crippen LogP contribution in [0.5, 0.6) is 0 Å². The number of aromatic nitrogens is 1. The van der Waals surface area contributed by atoms with Crippen LogP contribution in [-0.2, 0) is 14.4 Å². The fraction of sp³-hybridized carbons (Fsp3) is 0.579. The maximum absolute atomic E-state index is 12.8. The van der Waals surface area contributed by atoms with Gasteiger partial charge in [0.1, 0.15) is 0 Å². The van der Waals surface area contributed by atoms with Crippen LogP contribution in [0.1, 0.15) is 19.8 Å². The van der Waals surface area contributed by atoms with Crippen molar-refractivity contribution in [3.8, 4) is 0 Å². The third-order valence-corrected chi connectivity index (χ3v) is 5.21. The van der Waals surface area contributed by atoms with Crippen molar-refractivity contribution in [3.63, 3.8) is 0 Å². The number of hydrogen-bond acceptors (Lipinski definition) is 5. The smallest absolute Gasteiger partial charge is 0.238 e. The molecule has 1 N–H and O–H groups in total. The van der Waals surface area contributed by atoms with E-state index in [2.05, 4.69) is 15.2 Å². The van der Waals surface area contributed by atoms with Crippen LogP contribution < -0.4 is 5.32 Å². The Kier molecular flexibility index (Phi) is 6.39. The van der Waals surface area contributed by atoms with Crippen molar-refractivity contribution in [1.82, 2.24) is 19.7 Å². The lowest BCUT2D eigenvalue weighted by Crippen LogP contribution is -2.53. The van der Waals surface area contributed by atoms with Gasteiger partial charge in [-0.05, 0) is 25.0 Å². The molecule has 0 saturated carbocycles. The molecule has 8 nitrogen and oxygen atoms in total. The number of piperidine rings is 1. The lowest BCUT2D eigenvalue weighted by molar-refractivity contribution is -0.141. The normalized spacial score (nSPS) is 21.0. The Morgan fingerprint density at radius 2 is 1.93 bits per heavy atom. The molecule has 0 unspecified atom stereocenters. The first-order valence-corrected chi connectivity index (χ1v) is 9.49. The van der Waals surface area contributed by atoms with Gasteiger partial charge < -0.3 is 15.1 Å². The molecule has 0 spiro atoms. The lowest BCUT2D eigenvalue weighted by atomic mass is 9.96. The van der Waals surface area contributed by atoms with Crippen LogP contribution >= 0.6 is 0 Å². The molecule has 27 heavy (non-hydrogen) atoms. The molecule has 2 fully saturated rings. The minimum absolute atomic E-state index is 0.0388. The van der Waals surface area contributed by atoms with Gasteiger partial charge in [-0.1, -0.05) is 0 Å². The molecule has 1 aromatic rings. The van der Waals surface area contributed by atoms with E-state index in [9.17, 15) is 14.4 Å². The van der Waals surface area contributed by atoms with Crippen LogP contribution in [0.3, 0.4) is 0 Å². The number of piperazine rings is 1. The van der Waals surface area contributed by atoms with Crippen LogP contribution in [0.2, 0.25) is 0 Å². The van der Waals surface area contributed by atoms with Crippen molar-refractivity contribution in [2.75, 3.05) is 51.1 Å². The Morgan fingerprint density at radius 1 is 1.15 bits per heavy atom. The summed E-state index contributed by atoms with van der Waals surface area (Å²) in [5.41, 5.74) is 0.684. The largest absolute Gasteiger partial charge is 0.342 e. The second-order valence-electron chi connectivity index (χ2n) is 7.20. The van der Waals surface area contributed by atoms with E-state index in [1.165, 1.54) is 0 Å². The molecule has 3 amide bonds. The van der Waals surface area contributed by atoms with E-state index in [4.69, 9.17) is 0 Å². The van der Waals surface area contributed by atoms with Gasteiger partial charge in [-0.25, -0.2) is 0 Å². The van der Waals surface area contributed by atoms with E-state index in [1.807, 2.05) is 4.90 Å². The number of nitrogens with zero attached hydrogens (tertiary/aromatic N) is 4. The average molecular weight is 373 g/mol. The van der Waals surface area contributed by atoms with Crippen molar-refractivity contribution >= 4 is 23.4 Å². The molecule has 3 heterocycles. The van der Waals surface area contributed by atoms with Crippen molar-refractivity contribution in [2.45, 2.75) is 19.8 Å². The number of amides is 3. The van der Waals surface area contributed by atoms with E-state index in [-0.39, 0.29) is 23.6 Å². The standard InChI is InChI=1S/C19H27N5O3/c1-15(25)24-7-3-4-16(13-24)19(27)23-10-8-22(9-11-23)14-18(26)21-17-5-2-6-20-12-17/h2,5-6,12,16H,3-4,7-11,13-14H2,1H3,(H,21,26)/t16-/m0/s1. The molecule has 1 aromatic heterocycles. The van der Waals surface area contributed by atoms with Crippen LogP contribution in [0, 0.1) is 5.92 Å². The number of pyridine rings is 1. The van der Waals surface area contributed by atoms with Crippen LogP contribution in [0.4, 0.5) is 5.69 Å². The zero-order valence-corrected chi connectivity index (χ0v) is 15.8. The number of likely N-dealkylation sites (tertiary alicyclic amines) is 1. The summed E-state index contributed by atoms with van der Waals surface area (Å²) in [6.07, 6.45) is 5.00. The highest BCUT2D eigenvalue weighted by atomic mass is 16.2. The zero-order chi connectivity index (χ0) is 19.2. The number of rotatable bonds is 4. The molecular formula is C19H27N5O3. The van der Waals surface area contributed by atoms with Crippen molar-refractivity contribution in [1.29, 1.82) is 0 Å². The van der Waals surface area contributed by atoms with Crippen molar-refractivity contribution < 1.29 is 14.4 Å². The maximum Gasteiger partial charge on any atom is 0.238 e. The summed E-state index contributed by atoms with van der Waals surface area (Å²) in [7, 11) is 0. The Hall–Kier alpha value is -2.48. The summed E-state index contributed by atoms with van der Waals surface area (Å²) in [6.45, 7) is 5.73. The molecule has 146 valence electrons. The van der Waals surface area contributed by atoms with Crippen LogP contribution in [-0.4, -0.2) is 83.2 Å². The van der Waals surface area contributed by atoms with E-state index in [0.717, 1.165) is 19.4 Å². The first-order chi connectivity index (χ1) is 13.0. The zero-order valence-electron chi connectivity index (χ0n) is 15.8. The third kappa shape index (κ3) is 5.26. The number of anilines is 1. The Bertz CT molecular complexity index is 673. The average Bonchev–Trinajstić information content (AvgIpc) is 2.69. The summed E-state index contributed by atoms with van der Waals surface area (Å²) < 4.78 is 0. The van der Waals surface area contributed by atoms with Gasteiger partial charge >= 0.3 is 0 Å². The Balaban J connectivity index is 1.43. The quantitative estimate of drug-likeness (QED) is 0.827. The van der Waals surface area contributed by atoms with Gasteiger partial charge in [0.2, 0.25) is 17.7 Å². The molecule has 2 aliphatic heterocycles. The molecule has 8 heteroatoms. The van der Waals surface area contributed by atoms with Gasteiger partial charge in [-0.2, -0.15) is 0 Å². The predicted molar refractivity (Wildman–Crippen MR) is 101 cm³/mol. The summed E-state index contributed by atoms with van der Waals surface area (Å²) in [4.78, 5) is 46.2. The minimum Gasteiger partial charge on any atom is -0.342 e. The second kappa shape index (κ2) is 8.94. The molecule has 0 aromatic carbocycles. The van der Waals surface area contributed by atoms with E-state index >= 15 is 0 Å². The number of carbonyl (C=O) groups excluding carboxylic acids is 3. The molecule has 3 rings (SSSR count).